The molecule has 7 aromatic rings. The van der Waals surface area contributed by atoms with Crippen LogP contribution in [-0.2, 0) is 52.3 Å². The number of hydrogen-bond donors (Lipinski definition) is 6. The Morgan fingerprint density at radius 2 is 1.48 bits per heavy atom. The first kappa shape index (κ1) is 38.1. The predicted molar refractivity (Wildman–Crippen MR) is 223 cm³/mol. The van der Waals surface area contributed by atoms with Gasteiger partial charge < -0.3 is 35.7 Å². The van der Waals surface area contributed by atoms with Crippen LogP contribution >= 0.6 is 0 Å². The fourth-order valence-electron chi connectivity index (χ4n) is 7.69. The van der Waals surface area contributed by atoms with Crippen molar-refractivity contribution < 1.29 is 24.6 Å². The van der Waals surface area contributed by atoms with Gasteiger partial charge in [-0.15, -0.1) is 5.10 Å². The molecule has 0 unspecified atom stereocenters. The largest absolute Gasteiger partial charge is 0.396 e. The van der Waals surface area contributed by atoms with Crippen LogP contribution < -0.4 is 15.5 Å². The minimum atomic E-state index is -1.93. The highest BCUT2D eigenvalue weighted by Gasteiger charge is 2.52. The van der Waals surface area contributed by atoms with E-state index in [-0.39, 0.29) is 37.8 Å². The maximum absolute atomic E-state index is 14.4. The standard InChI is InChI=1S/C45H44N8O5/c1-29(8-6-7-20-52-28-35(19-21-54)50-51-52)45(58)38-24-34(49-43(56)23-32-26-47-40-12-5-3-10-37(32)40)17-18-41(38)53(44(45)57)27-30-13-15-33(16-14-30)48-42(55)22-31-25-46-39-11-4-2-9-36(31)39/h2-6,8-18,24-26,28-29,46-47,54,58H,7,19-23,27H2,1H3,(H,48,55)(H,49,56)/b8-6+/t29-,45+/m0/s1. The van der Waals surface area contributed by atoms with Crippen LogP contribution in [0.25, 0.3) is 21.8 Å². The van der Waals surface area contributed by atoms with Gasteiger partial charge in [-0.2, -0.15) is 0 Å². The van der Waals surface area contributed by atoms with E-state index < -0.39 is 17.4 Å². The van der Waals surface area contributed by atoms with Crippen molar-refractivity contribution in [1.82, 2.24) is 25.0 Å². The molecule has 0 spiro atoms. The highest BCUT2D eigenvalue weighted by atomic mass is 16.3. The lowest BCUT2D eigenvalue weighted by Crippen LogP contribution is -2.44. The van der Waals surface area contributed by atoms with E-state index in [4.69, 9.17) is 0 Å². The minimum Gasteiger partial charge on any atom is -0.396 e. The van der Waals surface area contributed by atoms with E-state index in [9.17, 15) is 24.6 Å². The second-order valence-corrected chi connectivity index (χ2v) is 14.7. The van der Waals surface area contributed by atoms with E-state index in [0.29, 0.717) is 47.7 Å². The molecule has 1 aliphatic rings. The van der Waals surface area contributed by atoms with Crippen molar-refractivity contribution in [2.75, 3.05) is 22.1 Å². The Morgan fingerprint density at radius 3 is 2.14 bits per heavy atom. The number of anilines is 3. The summed E-state index contributed by atoms with van der Waals surface area (Å²) in [5.74, 6) is -1.50. The first-order chi connectivity index (χ1) is 28.2. The lowest BCUT2D eigenvalue weighted by Gasteiger charge is -2.28. The molecule has 4 aromatic carbocycles. The summed E-state index contributed by atoms with van der Waals surface area (Å²) in [7, 11) is 0. The maximum Gasteiger partial charge on any atom is 0.264 e. The summed E-state index contributed by atoms with van der Waals surface area (Å²) in [5.41, 5.74) is 5.29. The summed E-state index contributed by atoms with van der Waals surface area (Å²) >= 11 is 0. The number of aliphatic hydroxyl groups is 2. The molecule has 0 aliphatic carbocycles. The van der Waals surface area contributed by atoms with Gasteiger partial charge in [-0.1, -0.05) is 72.8 Å². The number of amides is 3. The number of aliphatic hydroxyl groups excluding tert-OH is 1. The Bertz CT molecular complexity index is 2640. The van der Waals surface area contributed by atoms with Crippen molar-refractivity contribution >= 4 is 56.6 Å². The highest BCUT2D eigenvalue weighted by Crippen LogP contribution is 2.47. The molecule has 0 radical (unpaired) electrons. The van der Waals surface area contributed by atoms with E-state index in [1.54, 1.807) is 53.0 Å². The monoisotopic (exact) mass is 776 g/mol. The number of nitrogens with one attached hydrogen (secondary N) is 4. The van der Waals surface area contributed by atoms with Crippen LogP contribution in [0.15, 0.2) is 122 Å². The molecule has 0 fully saturated rings. The number of aromatic amines is 2. The zero-order chi connectivity index (χ0) is 40.2. The lowest BCUT2D eigenvalue weighted by molar-refractivity contribution is -0.139. The van der Waals surface area contributed by atoms with Gasteiger partial charge in [0.2, 0.25) is 11.8 Å². The fraction of sp³-hybridized carbons (Fsp3) is 0.222. The number of benzene rings is 4. The van der Waals surface area contributed by atoms with Crippen molar-refractivity contribution in [2.24, 2.45) is 5.92 Å². The molecule has 0 saturated heterocycles. The van der Waals surface area contributed by atoms with Gasteiger partial charge in [-0.25, -0.2) is 0 Å². The first-order valence-corrected chi connectivity index (χ1v) is 19.3. The summed E-state index contributed by atoms with van der Waals surface area (Å²) in [4.78, 5) is 48.7. The Morgan fingerprint density at radius 1 is 0.862 bits per heavy atom. The number of nitrogens with zero attached hydrogens (tertiary/aromatic N) is 4. The molecule has 3 aromatic heterocycles. The predicted octanol–water partition coefficient (Wildman–Crippen LogP) is 6.15. The van der Waals surface area contributed by atoms with E-state index in [1.165, 1.54) is 0 Å². The van der Waals surface area contributed by atoms with Crippen LogP contribution in [0.3, 0.4) is 0 Å². The average molecular weight is 777 g/mol. The van der Waals surface area contributed by atoms with Crippen LogP contribution in [0, 0.1) is 5.92 Å². The summed E-state index contributed by atoms with van der Waals surface area (Å²) in [6, 6.07) is 28.1. The second-order valence-electron chi connectivity index (χ2n) is 14.7. The highest BCUT2D eigenvalue weighted by molar-refractivity contribution is 6.08. The quantitative estimate of drug-likeness (QED) is 0.0675. The molecule has 2 atom stereocenters. The van der Waals surface area contributed by atoms with Crippen LogP contribution in [0.2, 0.25) is 0 Å². The molecule has 3 amide bonds. The number of hydrogen-bond acceptors (Lipinski definition) is 7. The summed E-state index contributed by atoms with van der Waals surface area (Å²) in [5, 5.41) is 37.7. The molecule has 1 aliphatic heterocycles. The second kappa shape index (κ2) is 16.3. The average Bonchev–Trinajstić information content (AvgIpc) is 4.01. The Balaban J connectivity index is 0.994. The van der Waals surface area contributed by atoms with Gasteiger partial charge in [0.1, 0.15) is 0 Å². The molecule has 8 rings (SSSR count). The maximum atomic E-state index is 14.4. The number of aryl methyl sites for hydroxylation is 1. The van der Waals surface area contributed by atoms with Crippen molar-refractivity contribution in [3.8, 4) is 0 Å². The van der Waals surface area contributed by atoms with Gasteiger partial charge >= 0.3 is 0 Å². The molecule has 13 nitrogen and oxygen atoms in total. The van der Waals surface area contributed by atoms with Crippen molar-refractivity contribution in [3.63, 3.8) is 0 Å². The number of rotatable bonds is 15. The van der Waals surface area contributed by atoms with Gasteiger partial charge in [-0.05, 0) is 65.6 Å². The zero-order valence-corrected chi connectivity index (χ0v) is 32.0. The molecule has 58 heavy (non-hydrogen) atoms. The van der Waals surface area contributed by atoms with Crippen LogP contribution in [0.4, 0.5) is 17.1 Å². The van der Waals surface area contributed by atoms with E-state index in [0.717, 1.165) is 38.5 Å². The van der Waals surface area contributed by atoms with Gasteiger partial charge in [0.15, 0.2) is 5.60 Å². The summed E-state index contributed by atoms with van der Waals surface area (Å²) < 4.78 is 1.69. The fourth-order valence-corrected chi connectivity index (χ4v) is 7.69. The van der Waals surface area contributed by atoms with Gasteiger partial charge in [0.05, 0.1) is 30.8 Å². The molecule has 6 N–H and O–H groups in total. The van der Waals surface area contributed by atoms with Crippen LogP contribution in [0.1, 0.15) is 41.3 Å². The number of aromatic nitrogens is 5. The van der Waals surface area contributed by atoms with Gasteiger partial charge in [-0.3, -0.25) is 19.1 Å². The van der Waals surface area contributed by atoms with E-state index in [2.05, 4.69) is 30.9 Å². The molecule has 0 bridgehead atoms. The van der Waals surface area contributed by atoms with Crippen molar-refractivity contribution in [1.29, 1.82) is 0 Å². The molecular weight excluding hydrogens is 733 g/mol. The number of carbonyl (C=O) groups excluding carboxylic acids is 3. The van der Waals surface area contributed by atoms with E-state index >= 15 is 0 Å². The SMILES string of the molecule is C[C@@H](/C=C/CCn1cc(CCO)nn1)[C@]1(O)C(=O)N(Cc2ccc(NC(=O)Cc3c[nH]c4ccccc34)cc2)c2ccc(NC(=O)Cc3c[nH]c4ccccc34)cc21. The van der Waals surface area contributed by atoms with Crippen molar-refractivity contribution in [2.45, 2.75) is 51.3 Å². The topological polar surface area (TPSA) is 181 Å². The third-order valence-corrected chi connectivity index (χ3v) is 10.7. The lowest BCUT2D eigenvalue weighted by atomic mass is 9.82. The molecular formula is C45H44N8O5. The number of allylic oxidation sites excluding steroid dienone is 1. The molecule has 294 valence electrons. The normalized spacial score (nSPS) is 15.7. The molecule has 0 saturated carbocycles. The molecule has 4 heterocycles. The first-order valence-electron chi connectivity index (χ1n) is 19.3. The smallest absolute Gasteiger partial charge is 0.264 e. The Kier molecular flexibility index (Phi) is 10.7. The zero-order valence-electron chi connectivity index (χ0n) is 32.0. The number of H-pyrrole nitrogens is 2. The summed E-state index contributed by atoms with van der Waals surface area (Å²) in [6.45, 7) is 2.49. The van der Waals surface area contributed by atoms with Gasteiger partial charge in [0.25, 0.3) is 5.91 Å². The number of carbonyl (C=O) groups is 3. The summed E-state index contributed by atoms with van der Waals surface area (Å²) in [6.07, 6.45) is 10.6. The third-order valence-electron chi connectivity index (χ3n) is 10.7. The molecule has 13 heteroatoms. The van der Waals surface area contributed by atoms with Crippen molar-refractivity contribution in [3.05, 3.63) is 150 Å². The minimum absolute atomic E-state index is 0.00661. The number of para-hydroxylation sites is 2. The van der Waals surface area contributed by atoms with Gasteiger partial charge in [0, 0.05) is 82.8 Å². The van der Waals surface area contributed by atoms with E-state index in [1.807, 2.05) is 85.2 Å². The Labute approximate surface area is 334 Å². The van der Waals surface area contributed by atoms with Crippen LogP contribution in [-0.4, -0.2) is 59.5 Å². The third kappa shape index (κ3) is 7.77. The Hall–Kier alpha value is -6.83. The number of fused-ring (bicyclic) bond motifs is 3. The van der Waals surface area contributed by atoms with Crippen LogP contribution in [0.5, 0.6) is 0 Å².